The van der Waals surface area contributed by atoms with Crippen molar-refractivity contribution in [1.29, 1.82) is 0 Å². The third kappa shape index (κ3) is 4.92. The molecule has 33 heavy (non-hydrogen) atoms. The zero-order valence-electron chi connectivity index (χ0n) is 19.2. The second-order valence-electron chi connectivity index (χ2n) is 8.64. The van der Waals surface area contributed by atoms with Gasteiger partial charge in [0.25, 0.3) is 11.5 Å². The number of aryl methyl sites for hydroxylation is 1. The number of fused-ring (bicyclic) bond motifs is 1. The number of likely N-dealkylation sites (tertiary alicyclic amines) is 1. The van der Waals surface area contributed by atoms with Crippen LogP contribution in [-0.2, 0) is 9.59 Å². The van der Waals surface area contributed by atoms with Crippen molar-refractivity contribution in [2.24, 2.45) is 0 Å². The second kappa shape index (κ2) is 9.48. The molecule has 1 aliphatic heterocycles. The first-order valence-electron chi connectivity index (χ1n) is 11.3. The number of ether oxygens (including phenoxy) is 1. The Morgan fingerprint density at radius 2 is 1.94 bits per heavy atom. The van der Waals surface area contributed by atoms with Gasteiger partial charge in [-0.1, -0.05) is 24.3 Å². The van der Waals surface area contributed by atoms with Gasteiger partial charge in [0, 0.05) is 37.8 Å². The fraction of sp³-hybridized carbons (Fsp3) is 0.346. The summed E-state index contributed by atoms with van der Waals surface area (Å²) in [6.45, 7) is 6.35. The number of carbonyl (C=O) groups excluding carboxylic acids is 2. The molecule has 7 nitrogen and oxygen atoms in total. The zero-order valence-corrected chi connectivity index (χ0v) is 19.2. The average molecular weight is 448 g/mol. The molecule has 1 fully saturated rings. The van der Waals surface area contributed by atoms with Gasteiger partial charge in [0.2, 0.25) is 5.91 Å². The maximum Gasteiger partial charge on any atom is 0.263 e. The maximum atomic E-state index is 13.0. The van der Waals surface area contributed by atoms with Gasteiger partial charge in [-0.2, -0.15) is 0 Å². The summed E-state index contributed by atoms with van der Waals surface area (Å²) in [5.41, 5.74) is 2.90. The summed E-state index contributed by atoms with van der Waals surface area (Å²) in [4.78, 5) is 41.5. The Balaban J connectivity index is 1.55. The summed E-state index contributed by atoms with van der Waals surface area (Å²) in [6, 6.07) is 13.3. The SMILES string of the molecule is CC(=O)N[C@@H]1CCCN(C(=O)[C@@H](C)Oc2ccc3c(-c4ccccc4C)c[nH]c(=O)c3c2)C1. The van der Waals surface area contributed by atoms with Crippen LogP contribution in [0.25, 0.3) is 21.9 Å². The highest BCUT2D eigenvalue weighted by Crippen LogP contribution is 2.30. The van der Waals surface area contributed by atoms with Crippen LogP contribution in [0.15, 0.2) is 53.5 Å². The lowest BCUT2D eigenvalue weighted by Crippen LogP contribution is -2.52. The van der Waals surface area contributed by atoms with Crippen LogP contribution >= 0.6 is 0 Å². The Kier molecular flexibility index (Phi) is 6.49. The van der Waals surface area contributed by atoms with Crippen LogP contribution in [0.2, 0.25) is 0 Å². The molecule has 1 saturated heterocycles. The first-order valence-corrected chi connectivity index (χ1v) is 11.3. The Hall–Kier alpha value is -3.61. The molecule has 1 aromatic heterocycles. The maximum absolute atomic E-state index is 13.0. The predicted molar refractivity (Wildman–Crippen MR) is 128 cm³/mol. The van der Waals surface area contributed by atoms with Crippen LogP contribution in [0.1, 0.15) is 32.3 Å². The van der Waals surface area contributed by atoms with Crippen molar-refractivity contribution in [3.8, 4) is 16.9 Å². The van der Waals surface area contributed by atoms with Crippen molar-refractivity contribution in [2.45, 2.75) is 45.8 Å². The first kappa shape index (κ1) is 22.6. The number of nitrogens with zero attached hydrogens (tertiary/aromatic N) is 1. The summed E-state index contributed by atoms with van der Waals surface area (Å²) in [7, 11) is 0. The number of hydrogen-bond donors (Lipinski definition) is 2. The van der Waals surface area contributed by atoms with Gasteiger partial charge in [0.05, 0.1) is 5.39 Å². The van der Waals surface area contributed by atoms with E-state index in [0.29, 0.717) is 24.2 Å². The molecule has 2 atom stereocenters. The molecule has 2 aromatic carbocycles. The number of amides is 2. The molecule has 0 bridgehead atoms. The molecule has 3 aromatic rings. The summed E-state index contributed by atoms with van der Waals surface area (Å²) in [5, 5.41) is 4.23. The molecule has 0 aliphatic carbocycles. The van der Waals surface area contributed by atoms with E-state index < -0.39 is 6.10 Å². The lowest BCUT2D eigenvalue weighted by atomic mass is 9.97. The molecule has 1 aliphatic rings. The third-order valence-electron chi connectivity index (χ3n) is 6.11. The van der Waals surface area contributed by atoms with E-state index in [0.717, 1.165) is 34.9 Å². The fourth-order valence-corrected chi connectivity index (χ4v) is 4.50. The number of piperidine rings is 1. The minimum absolute atomic E-state index is 0.0357. The van der Waals surface area contributed by atoms with Crippen molar-refractivity contribution in [2.75, 3.05) is 13.1 Å². The standard InChI is InChI=1S/C26H29N3O4/c1-16-7-4-5-9-21(16)24-14-27-25(31)23-13-20(10-11-22(23)24)33-17(2)26(32)29-12-6-8-19(15-29)28-18(3)30/h4-5,7,9-11,13-14,17,19H,6,8,12,15H2,1-3H3,(H,27,31)(H,28,30)/t17-,19-/m1/s1. The zero-order chi connectivity index (χ0) is 23.5. The minimum Gasteiger partial charge on any atom is -0.481 e. The molecule has 2 amide bonds. The molecule has 172 valence electrons. The average Bonchev–Trinajstić information content (AvgIpc) is 2.79. The highest BCUT2D eigenvalue weighted by Gasteiger charge is 2.28. The number of nitrogens with one attached hydrogen (secondary N) is 2. The fourth-order valence-electron chi connectivity index (χ4n) is 4.50. The van der Waals surface area contributed by atoms with Crippen LogP contribution < -0.4 is 15.6 Å². The molecular weight excluding hydrogens is 418 g/mol. The van der Waals surface area contributed by atoms with Crippen molar-refractivity contribution in [3.05, 3.63) is 64.6 Å². The Morgan fingerprint density at radius 1 is 1.15 bits per heavy atom. The van der Waals surface area contributed by atoms with Crippen molar-refractivity contribution >= 4 is 22.6 Å². The summed E-state index contributed by atoms with van der Waals surface area (Å²) in [6.07, 6.45) is 2.71. The van der Waals surface area contributed by atoms with Gasteiger partial charge in [0.1, 0.15) is 5.75 Å². The van der Waals surface area contributed by atoms with Gasteiger partial charge in [-0.3, -0.25) is 14.4 Å². The molecular formula is C26H29N3O4. The van der Waals surface area contributed by atoms with Gasteiger partial charge >= 0.3 is 0 Å². The van der Waals surface area contributed by atoms with E-state index in [-0.39, 0.29) is 23.4 Å². The van der Waals surface area contributed by atoms with Gasteiger partial charge in [-0.25, -0.2) is 0 Å². The number of aromatic nitrogens is 1. The molecule has 7 heteroatoms. The predicted octanol–water partition coefficient (Wildman–Crippen LogP) is 3.40. The van der Waals surface area contributed by atoms with Crippen LogP contribution in [-0.4, -0.2) is 46.9 Å². The van der Waals surface area contributed by atoms with E-state index in [4.69, 9.17) is 4.74 Å². The summed E-state index contributed by atoms with van der Waals surface area (Å²) >= 11 is 0. The van der Waals surface area contributed by atoms with Gasteiger partial charge < -0.3 is 19.9 Å². The molecule has 2 N–H and O–H groups in total. The number of aromatic amines is 1. The molecule has 0 radical (unpaired) electrons. The second-order valence-corrected chi connectivity index (χ2v) is 8.64. The van der Waals surface area contributed by atoms with Gasteiger partial charge in [-0.15, -0.1) is 0 Å². The quantitative estimate of drug-likeness (QED) is 0.627. The number of carbonyl (C=O) groups is 2. The Labute approximate surface area is 192 Å². The molecule has 2 heterocycles. The molecule has 0 spiro atoms. The summed E-state index contributed by atoms with van der Waals surface area (Å²) < 4.78 is 5.95. The van der Waals surface area contributed by atoms with Crippen molar-refractivity contribution < 1.29 is 14.3 Å². The van der Waals surface area contributed by atoms with E-state index in [1.165, 1.54) is 6.92 Å². The van der Waals surface area contributed by atoms with Crippen LogP contribution in [0.5, 0.6) is 5.75 Å². The highest BCUT2D eigenvalue weighted by molar-refractivity contribution is 5.97. The molecule has 0 unspecified atom stereocenters. The van der Waals surface area contributed by atoms with Crippen LogP contribution in [0.4, 0.5) is 0 Å². The topological polar surface area (TPSA) is 91.5 Å². The van der Waals surface area contributed by atoms with Crippen molar-refractivity contribution in [1.82, 2.24) is 15.2 Å². The third-order valence-corrected chi connectivity index (χ3v) is 6.11. The Bertz CT molecular complexity index is 1250. The van der Waals surface area contributed by atoms with Crippen LogP contribution in [0, 0.1) is 6.92 Å². The van der Waals surface area contributed by atoms with E-state index in [1.54, 1.807) is 30.2 Å². The number of pyridine rings is 1. The van der Waals surface area contributed by atoms with Crippen molar-refractivity contribution in [3.63, 3.8) is 0 Å². The van der Waals surface area contributed by atoms with E-state index in [1.807, 2.05) is 37.3 Å². The monoisotopic (exact) mass is 447 g/mol. The summed E-state index contributed by atoms with van der Waals surface area (Å²) in [5.74, 6) is 0.240. The normalized spacial score (nSPS) is 16.9. The first-order chi connectivity index (χ1) is 15.8. The lowest BCUT2D eigenvalue weighted by Gasteiger charge is -2.34. The number of hydrogen-bond acceptors (Lipinski definition) is 4. The molecule has 4 rings (SSSR count). The largest absolute Gasteiger partial charge is 0.481 e. The Morgan fingerprint density at radius 3 is 2.70 bits per heavy atom. The number of rotatable bonds is 5. The van der Waals surface area contributed by atoms with E-state index in [9.17, 15) is 14.4 Å². The van der Waals surface area contributed by atoms with E-state index in [2.05, 4.69) is 10.3 Å². The van der Waals surface area contributed by atoms with E-state index >= 15 is 0 Å². The molecule has 0 saturated carbocycles. The van der Waals surface area contributed by atoms with Crippen LogP contribution in [0.3, 0.4) is 0 Å². The lowest BCUT2D eigenvalue weighted by molar-refractivity contribution is -0.139. The number of H-pyrrole nitrogens is 1. The minimum atomic E-state index is -0.711. The van der Waals surface area contributed by atoms with Gasteiger partial charge in [-0.05, 0) is 61.4 Å². The number of benzene rings is 2. The smallest absolute Gasteiger partial charge is 0.263 e. The highest BCUT2D eigenvalue weighted by atomic mass is 16.5. The van der Waals surface area contributed by atoms with Gasteiger partial charge in [0.15, 0.2) is 6.10 Å².